The zero-order chi connectivity index (χ0) is 17.7. The molecule has 24 heavy (non-hydrogen) atoms. The van der Waals surface area contributed by atoms with Crippen LogP contribution < -0.4 is 5.32 Å². The Bertz CT molecular complexity index is 810. The van der Waals surface area contributed by atoms with Crippen molar-refractivity contribution in [2.45, 2.75) is 4.90 Å². The topological polar surface area (TPSA) is 72.5 Å². The highest BCUT2D eigenvalue weighted by molar-refractivity contribution is 7.84. The van der Waals surface area contributed by atoms with Gasteiger partial charge in [-0.1, -0.05) is 41.4 Å². The maximum atomic E-state index is 12.1. The second-order valence-electron chi connectivity index (χ2n) is 4.68. The molecule has 0 saturated heterocycles. The first-order chi connectivity index (χ1) is 11.4. The number of rotatable bonds is 5. The molecule has 0 aromatic heterocycles. The van der Waals surface area contributed by atoms with Crippen LogP contribution in [0, 0.1) is 0 Å². The van der Waals surface area contributed by atoms with Gasteiger partial charge in [0.05, 0.1) is 37.0 Å². The van der Waals surface area contributed by atoms with Crippen LogP contribution in [0.5, 0.6) is 0 Å². The molecule has 8 heteroatoms. The Morgan fingerprint density at radius 3 is 2.54 bits per heavy atom. The summed E-state index contributed by atoms with van der Waals surface area (Å²) in [5.41, 5.74) is 0.479. The van der Waals surface area contributed by atoms with Crippen molar-refractivity contribution in [3.8, 4) is 0 Å². The molecule has 0 aliphatic rings. The number of hydrogen-bond acceptors (Lipinski definition) is 4. The molecule has 2 rings (SSSR count). The molecule has 126 valence electrons. The van der Waals surface area contributed by atoms with E-state index in [-0.39, 0.29) is 10.6 Å². The highest BCUT2D eigenvalue weighted by Gasteiger charge is 2.16. The number of anilines is 1. The number of halogens is 2. The summed E-state index contributed by atoms with van der Waals surface area (Å²) in [5, 5.41) is 3.00. The van der Waals surface area contributed by atoms with Gasteiger partial charge in [-0.25, -0.2) is 4.79 Å². The highest BCUT2D eigenvalue weighted by Crippen LogP contribution is 2.29. The maximum Gasteiger partial charge on any atom is 0.339 e. The van der Waals surface area contributed by atoms with Crippen LogP contribution in [0.25, 0.3) is 0 Å². The molecule has 0 spiro atoms. The number of benzene rings is 2. The average Bonchev–Trinajstić information content (AvgIpc) is 2.56. The summed E-state index contributed by atoms with van der Waals surface area (Å²) in [5.74, 6) is -1.30. The van der Waals surface area contributed by atoms with E-state index >= 15 is 0 Å². The molecule has 0 unspecified atom stereocenters. The largest absolute Gasteiger partial charge is 0.452 e. The Kier molecular flexibility index (Phi) is 6.36. The molecule has 0 bridgehead atoms. The number of nitrogens with one attached hydrogen (secondary N) is 1. The molecule has 2 aromatic rings. The number of esters is 1. The fourth-order valence-electron chi connectivity index (χ4n) is 1.88. The van der Waals surface area contributed by atoms with Gasteiger partial charge in [0.25, 0.3) is 5.91 Å². The van der Waals surface area contributed by atoms with Crippen LogP contribution in [0.4, 0.5) is 5.69 Å². The van der Waals surface area contributed by atoms with Gasteiger partial charge >= 0.3 is 5.97 Å². The van der Waals surface area contributed by atoms with Gasteiger partial charge in [-0.3, -0.25) is 9.00 Å². The normalized spacial score (nSPS) is 11.6. The summed E-state index contributed by atoms with van der Waals surface area (Å²) < 4.78 is 16.6. The van der Waals surface area contributed by atoms with E-state index < -0.39 is 29.3 Å². The van der Waals surface area contributed by atoms with Crippen LogP contribution in [-0.4, -0.2) is 28.9 Å². The number of carbonyl (C=O) groups excluding carboxylic acids is 2. The lowest BCUT2D eigenvalue weighted by atomic mass is 10.2. The van der Waals surface area contributed by atoms with E-state index in [0.717, 1.165) is 0 Å². The monoisotopic (exact) mass is 385 g/mol. The summed E-state index contributed by atoms with van der Waals surface area (Å²) in [6, 6.07) is 11.1. The van der Waals surface area contributed by atoms with Gasteiger partial charge < -0.3 is 10.1 Å². The predicted molar refractivity (Wildman–Crippen MR) is 94.1 cm³/mol. The summed E-state index contributed by atoms with van der Waals surface area (Å²) in [7, 11) is -1.35. The number of amides is 1. The summed E-state index contributed by atoms with van der Waals surface area (Å²) in [6.45, 7) is -0.508. The standard InChI is InChI=1S/C16H13Cl2NO4S/c1-24(22)13-8-3-2-5-10(13)16(21)23-9-14(20)19-12-7-4-6-11(17)15(12)18/h2-8H,9H2,1H3,(H,19,20)/t24-/m0/s1. The lowest BCUT2D eigenvalue weighted by Crippen LogP contribution is -2.21. The van der Waals surface area contributed by atoms with Crippen LogP contribution in [0.3, 0.4) is 0 Å². The highest BCUT2D eigenvalue weighted by atomic mass is 35.5. The summed E-state index contributed by atoms with van der Waals surface area (Å²) in [4.78, 5) is 24.3. The third-order valence-electron chi connectivity index (χ3n) is 2.98. The van der Waals surface area contributed by atoms with Crippen molar-refractivity contribution in [1.29, 1.82) is 0 Å². The number of ether oxygens (including phenoxy) is 1. The van der Waals surface area contributed by atoms with Crippen LogP contribution in [0.15, 0.2) is 47.4 Å². The number of hydrogen-bond donors (Lipinski definition) is 1. The molecule has 0 heterocycles. The fraction of sp³-hybridized carbons (Fsp3) is 0.125. The first-order valence-corrected chi connectivity index (χ1v) is 9.05. The van der Waals surface area contributed by atoms with E-state index in [1.54, 1.807) is 36.4 Å². The molecule has 1 N–H and O–H groups in total. The van der Waals surface area contributed by atoms with Crippen LogP contribution >= 0.6 is 23.2 Å². The van der Waals surface area contributed by atoms with Gasteiger partial charge in [0, 0.05) is 6.26 Å². The van der Waals surface area contributed by atoms with Crippen molar-refractivity contribution >= 4 is 51.6 Å². The minimum absolute atomic E-state index is 0.159. The first-order valence-electron chi connectivity index (χ1n) is 6.73. The lowest BCUT2D eigenvalue weighted by molar-refractivity contribution is -0.119. The van der Waals surface area contributed by atoms with Gasteiger partial charge in [0.1, 0.15) is 0 Å². The van der Waals surface area contributed by atoms with Gasteiger partial charge in [-0.05, 0) is 24.3 Å². The molecule has 0 saturated carbocycles. The van der Waals surface area contributed by atoms with E-state index in [9.17, 15) is 13.8 Å². The molecule has 1 amide bonds. The first kappa shape index (κ1) is 18.4. The van der Waals surface area contributed by atoms with Crippen molar-refractivity contribution < 1.29 is 18.5 Å². The molecule has 0 aliphatic carbocycles. The zero-order valence-electron chi connectivity index (χ0n) is 12.5. The molecular weight excluding hydrogens is 373 g/mol. The molecule has 0 fully saturated rings. The minimum atomic E-state index is -1.35. The van der Waals surface area contributed by atoms with Crippen LogP contribution in [0.2, 0.25) is 10.0 Å². The summed E-state index contributed by atoms with van der Waals surface area (Å²) >= 11 is 11.8. The van der Waals surface area contributed by atoms with Crippen molar-refractivity contribution in [2.24, 2.45) is 0 Å². The Balaban J connectivity index is 2.01. The quantitative estimate of drug-likeness (QED) is 0.798. The number of carbonyl (C=O) groups is 2. The predicted octanol–water partition coefficient (Wildman–Crippen LogP) is 3.53. The maximum absolute atomic E-state index is 12.1. The lowest BCUT2D eigenvalue weighted by Gasteiger charge is -2.10. The average molecular weight is 386 g/mol. The Labute approximate surface area is 151 Å². The SMILES string of the molecule is C[S@](=O)c1ccccc1C(=O)OCC(=O)Nc1cccc(Cl)c1Cl. The fourth-order valence-corrected chi connectivity index (χ4v) is 2.96. The minimum Gasteiger partial charge on any atom is -0.452 e. The molecule has 0 aliphatic heterocycles. The second kappa shape index (κ2) is 8.28. The zero-order valence-corrected chi connectivity index (χ0v) is 14.9. The van der Waals surface area contributed by atoms with E-state index in [4.69, 9.17) is 27.9 Å². The van der Waals surface area contributed by atoms with E-state index in [2.05, 4.69) is 5.32 Å². The van der Waals surface area contributed by atoms with Gasteiger partial charge in [0.2, 0.25) is 0 Å². The molecule has 1 atom stereocenters. The summed E-state index contributed by atoms with van der Waals surface area (Å²) in [6.07, 6.45) is 1.46. The van der Waals surface area contributed by atoms with Gasteiger partial charge in [-0.15, -0.1) is 0 Å². The third kappa shape index (κ3) is 4.56. The van der Waals surface area contributed by atoms with Crippen LogP contribution in [-0.2, 0) is 20.3 Å². The van der Waals surface area contributed by atoms with Gasteiger partial charge in [-0.2, -0.15) is 0 Å². The van der Waals surface area contributed by atoms with Crippen molar-refractivity contribution in [2.75, 3.05) is 18.2 Å². The molecular formula is C16H13Cl2NO4S. The van der Waals surface area contributed by atoms with E-state index in [1.165, 1.54) is 12.3 Å². The van der Waals surface area contributed by atoms with Crippen molar-refractivity contribution in [3.05, 3.63) is 58.1 Å². The molecule has 5 nitrogen and oxygen atoms in total. The Hall–Kier alpha value is -1.89. The third-order valence-corrected chi connectivity index (χ3v) is 4.77. The van der Waals surface area contributed by atoms with E-state index in [0.29, 0.717) is 15.6 Å². The molecule has 2 aromatic carbocycles. The van der Waals surface area contributed by atoms with Crippen LogP contribution in [0.1, 0.15) is 10.4 Å². The van der Waals surface area contributed by atoms with E-state index in [1.807, 2.05) is 0 Å². The second-order valence-corrected chi connectivity index (χ2v) is 6.81. The van der Waals surface area contributed by atoms with Crippen molar-refractivity contribution in [1.82, 2.24) is 0 Å². The van der Waals surface area contributed by atoms with Gasteiger partial charge in [0.15, 0.2) is 6.61 Å². The molecule has 0 radical (unpaired) electrons. The van der Waals surface area contributed by atoms with Crippen molar-refractivity contribution in [3.63, 3.8) is 0 Å². The Morgan fingerprint density at radius 2 is 1.83 bits per heavy atom. The Morgan fingerprint density at radius 1 is 1.12 bits per heavy atom. The smallest absolute Gasteiger partial charge is 0.339 e.